The van der Waals surface area contributed by atoms with E-state index < -0.39 is 6.04 Å². The minimum atomic E-state index is -0.569. The average molecular weight is 390 g/mol. The molecule has 29 heavy (non-hydrogen) atoms. The monoisotopic (exact) mass is 390 g/mol. The maximum absolute atomic E-state index is 13.1. The fraction of sp³-hybridized carbons (Fsp3) is 0.318. The van der Waals surface area contributed by atoms with Crippen molar-refractivity contribution in [2.24, 2.45) is 0 Å². The third kappa shape index (κ3) is 3.12. The number of amides is 2. The highest BCUT2D eigenvalue weighted by molar-refractivity contribution is 6.05. The van der Waals surface area contributed by atoms with Gasteiger partial charge in [-0.15, -0.1) is 0 Å². The Hall–Kier alpha value is -3.35. The summed E-state index contributed by atoms with van der Waals surface area (Å²) < 4.78 is 7.35. The summed E-state index contributed by atoms with van der Waals surface area (Å²) in [5.41, 5.74) is 2.41. The van der Waals surface area contributed by atoms with E-state index in [1.807, 2.05) is 47.9 Å². The lowest BCUT2D eigenvalue weighted by Crippen LogP contribution is -2.33. The van der Waals surface area contributed by atoms with Crippen molar-refractivity contribution in [3.63, 3.8) is 0 Å². The van der Waals surface area contributed by atoms with Crippen LogP contribution >= 0.6 is 0 Å². The van der Waals surface area contributed by atoms with Gasteiger partial charge in [0.2, 0.25) is 11.9 Å². The topological polar surface area (TPSA) is 76.5 Å². The van der Waals surface area contributed by atoms with Gasteiger partial charge in [0.1, 0.15) is 11.8 Å². The van der Waals surface area contributed by atoms with E-state index in [2.05, 4.69) is 10.3 Å². The summed E-state index contributed by atoms with van der Waals surface area (Å²) in [6.07, 6.45) is 2.04. The molecule has 7 heteroatoms. The van der Waals surface area contributed by atoms with Crippen molar-refractivity contribution >= 4 is 34.5 Å². The normalized spacial score (nSPS) is 18.2. The predicted octanol–water partition coefficient (Wildman–Crippen LogP) is 3.51. The molecule has 1 aliphatic carbocycles. The van der Waals surface area contributed by atoms with Crippen molar-refractivity contribution in [2.75, 3.05) is 16.8 Å². The molecule has 5 rings (SSSR count). The van der Waals surface area contributed by atoms with Crippen LogP contribution in [0.25, 0.3) is 11.0 Å². The van der Waals surface area contributed by atoms with Gasteiger partial charge in [-0.2, -0.15) is 0 Å². The summed E-state index contributed by atoms with van der Waals surface area (Å²) in [6.45, 7) is 2.52. The first-order valence-corrected chi connectivity index (χ1v) is 9.98. The van der Waals surface area contributed by atoms with Gasteiger partial charge in [-0.1, -0.05) is 12.1 Å². The standard InChI is InChI=1S/C22H22N4O3/c1-2-29-16-11-7-14(8-12-16)23-20(27)13-19-21(28)25(15-9-10-15)22-24-17-5-3-4-6-18(17)26(19)22/h3-8,11-12,15,19H,2,9-10,13H2,1H3,(H,23,27). The number of nitrogens with one attached hydrogen (secondary N) is 1. The second-order valence-electron chi connectivity index (χ2n) is 7.44. The third-order valence-electron chi connectivity index (χ3n) is 5.37. The number of aromatic nitrogens is 2. The van der Waals surface area contributed by atoms with Crippen LogP contribution in [0.15, 0.2) is 48.5 Å². The Bertz CT molecular complexity index is 1090. The van der Waals surface area contributed by atoms with Gasteiger partial charge in [-0.3, -0.25) is 19.1 Å². The van der Waals surface area contributed by atoms with Gasteiger partial charge in [0.15, 0.2) is 0 Å². The first-order chi connectivity index (χ1) is 14.2. The van der Waals surface area contributed by atoms with Crippen LogP contribution < -0.4 is 15.0 Å². The molecule has 3 aromatic rings. The molecule has 1 N–H and O–H groups in total. The highest BCUT2D eigenvalue weighted by atomic mass is 16.5. The minimum absolute atomic E-state index is 0.0393. The largest absolute Gasteiger partial charge is 0.494 e. The molecule has 148 valence electrons. The van der Waals surface area contributed by atoms with Crippen LogP contribution in [-0.2, 0) is 9.59 Å². The molecule has 0 radical (unpaired) electrons. The Kier molecular flexibility index (Phi) is 4.23. The quantitative estimate of drug-likeness (QED) is 0.699. The second-order valence-corrected chi connectivity index (χ2v) is 7.44. The summed E-state index contributed by atoms with van der Waals surface area (Å²) in [5, 5.41) is 2.89. The van der Waals surface area contributed by atoms with Crippen molar-refractivity contribution in [2.45, 2.75) is 38.3 Å². The third-order valence-corrected chi connectivity index (χ3v) is 5.37. The molecule has 2 heterocycles. The van der Waals surface area contributed by atoms with Gasteiger partial charge >= 0.3 is 0 Å². The number of hydrogen-bond donors (Lipinski definition) is 1. The van der Waals surface area contributed by atoms with Crippen molar-refractivity contribution in [3.8, 4) is 5.75 Å². The lowest BCUT2D eigenvalue weighted by Gasteiger charge is -2.15. The lowest BCUT2D eigenvalue weighted by molar-refractivity contribution is -0.124. The van der Waals surface area contributed by atoms with Crippen LogP contribution in [0.4, 0.5) is 11.6 Å². The first-order valence-electron chi connectivity index (χ1n) is 9.98. The lowest BCUT2D eigenvalue weighted by atomic mass is 10.1. The number of rotatable bonds is 6. The number of ether oxygens (including phenoxy) is 1. The van der Waals surface area contributed by atoms with Gasteiger partial charge < -0.3 is 10.1 Å². The molecule has 1 atom stereocenters. The van der Waals surface area contributed by atoms with Gasteiger partial charge in [0.25, 0.3) is 5.91 Å². The highest BCUT2D eigenvalue weighted by Gasteiger charge is 2.47. The van der Waals surface area contributed by atoms with E-state index in [-0.39, 0.29) is 24.3 Å². The Balaban J connectivity index is 1.39. The maximum Gasteiger partial charge on any atom is 0.253 e. The number of para-hydroxylation sites is 2. The zero-order valence-electron chi connectivity index (χ0n) is 16.2. The van der Waals surface area contributed by atoms with Crippen LogP contribution in [0.5, 0.6) is 5.75 Å². The number of fused-ring (bicyclic) bond motifs is 3. The van der Waals surface area contributed by atoms with Crippen molar-refractivity contribution in [1.29, 1.82) is 0 Å². The van der Waals surface area contributed by atoms with Crippen molar-refractivity contribution in [3.05, 3.63) is 48.5 Å². The summed E-state index contributed by atoms with van der Waals surface area (Å²) in [6, 6.07) is 14.6. The van der Waals surface area contributed by atoms with Crippen LogP contribution in [0.2, 0.25) is 0 Å². The molecule has 2 amide bonds. The van der Waals surface area contributed by atoms with Gasteiger partial charge in [-0.25, -0.2) is 4.98 Å². The molecule has 7 nitrogen and oxygen atoms in total. The smallest absolute Gasteiger partial charge is 0.253 e. The molecule has 1 aromatic heterocycles. The number of anilines is 2. The fourth-order valence-electron chi connectivity index (χ4n) is 3.92. The average Bonchev–Trinajstić information content (AvgIpc) is 3.42. The molecular formula is C22H22N4O3. The Morgan fingerprint density at radius 1 is 1.17 bits per heavy atom. The molecule has 1 aliphatic heterocycles. The fourth-order valence-corrected chi connectivity index (χ4v) is 3.92. The van der Waals surface area contributed by atoms with E-state index in [0.29, 0.717) is 18.2 Å². The zero-order chi connectivity index (χ0) is 20.0. The molecule has 2 aromatic carbocycles. The van der Waals surface area contributed by atoms with E-state index in [1.54, 1.807) is 17.0 Å². The molecule has 2 aliphatic rings. The van der Waals surface area contributed by atoms with E-state index in [1.165, 1.54) is 0 Å². The van der Waals surface area contributed by atoms with Gasteiger partial charge in [0.05, 0.1) is 24.1 Å². The number of imidazole rings is 1. The molecule has 0 bridgehead atoms. The molecule has 1 unspecified atom stereocenters. The summed E-state index contributed by atoms with van der Waals surface area (Å²) in [7, 11) is 0. The summed E-state index contributed by atoms with van der Waals surface area (Å²) >= 11 is 0. The maximum atomic E-state index is 13.1. The number of nitrogens with zero attached hydrogens (tertiary/aromatic N) is 3. The number of benzene rings is 2. The van der Waals surface area contributed by atoms with Crippen molar-refractivity contribution in [1.82, 2.24) is 9.55 Å². The van der Waals surface area contributed by atoms with Crippen LogP contribution in [0, 0.1) is 0 Å². The SMILES string of the molecule is CCOc1ccc(NC(=O)CC2C(=O)N(C3CC3)c3nc4ccccc4n32)cc1. The highest BCUT2D eigenvalue weighted by Crippen LogP contribution is 2.42. The summed E-state index contributed by atoms with van der Waals surface area (Å²) in [4.78, 5) is 32.3. The Morgan fingerprint density at radius 3 is 2.66 bits per heavy atom. The zero-order valence-corrected chi connectivity index (χ0v) is 16.2. The number of carbonyl (C=O) groups is 2. The minimum Gasteiger partial charge on any atom is -0.494 e. The van der Waals surface area contributed by atoms with Crippen molar-refractivity contribution < 1.29 is 14.3 Å². The number of hydrogen-bond acceptors (Lipinski definition) is 4. The van der Waals surface area contributed by atoms with Gasteiger partial charge in [0, 0.05) is 11.7 Å². The molecule has 0 saturated heterocycles. The molecule has 0 spiro atoms. The van der Waals surface area contributed by atoms with E-state index in [0.717, 1.165) is 29.6 Å². The van der Waals surface area contributed by atoms with E-state index >= 15 is 0 Å². The molecule has 1 fully saturated rings. The predicted molar refractivity (Wildman–Crippen MR) is 110 cm³/mol. The molecular weight excluding hydrogens is 368 g/mol. The second kappa shape index (κ2) is 6.92. The number of carbonyl (C=O) groups excluding carboxylic acids is 2. The Labute approximate surface area is 168 Å². The van der Waals surface area contributed by atoms with Crippen LogP contribution in [-0.4, -0.2) is 34.0 Å². The Morgan fingerprint density at radius 2 is 1.93 bits per heavy atom. The summed E-state index contributed by atoms with van der Waals surface area (Å²) in [5.74, 6) is 1.18. The molecule has 1 saturated carbocycles. The van der Waals surface area contributed by atoms with Crippen LogP contribution in [0.1, 0.15) is 32.2 Å². The van der Waals surface area contributed by atoms with Gasteiger partial charge in [-0.05, 0) is 56.2 Å². The van der Waals surface area contributed by atoms with E-state index in [9.17, 15) is 9.59 Å². The first kappa shape index (κ1) is 17.7. The van der Waals surface area contributed by atoms with Crippen LogP contribution in [0.3, 0.4) is 0 Å². The van der Waals surface area contributed by atoms with E-state index in [4.69, 9.17) is 4.74 Å².